The highest BCUT2D eigenvalue weighted by Crippen LogP contribution is 2.27. The van der Waals surface area contributed by atoms with Gasteiger partial charge in [-0.3, -0.25) is 4.99 Å². The van der Waals surface area contributed by atoms with E-state index in [1.54, 1.807) is 0 Å². The van der Waals surface area contributed by atoms with Crippen LogP contribution in [0.1, 0.15) is 12.5 Å². The van der Waals surface area contributed by atoms with Crippen LogP contribution in [-0.2, 0) is 0 Å². The van der Waals surface area contributed by atoms with Gasteiger partial charge in [-0.15, -0.1) is 0 Å². The van der Waals surface area contributed by atoms with Crippen LogP contribution in [0, 0.1) is 3.57 Å². The Morgan fingerprint density at radius 3 is 2.55 bits per heavy atom. The van der Waals surface area contributed by atoms with Gasteiger partial charge in [0, 0.05) is 15.3 Å². The Morgan fingerprint density at radius 2 is 1.77 bits per heavy atom. The van der Waals surface area contributed by atoms with E-state index in [0.29, 0.717) is 6.61 Å². The van der Waals surface area contributed by atoms with Crippen LogP contribution >= 0.6 is 22.6 Å². The zero-order valence-electron chi connectivity index (χ0n) is 12.3. The van der Waals surface area contributed by atoms with Gasteiger partial charge < -0.3 is 4.74 Å². The number of halogens is 1. The standard InChI is InChI=1S/C19H16INO/c1-2-22-19-12-7-14-5-3-4-6-17(14)18(19)13-21-16-10-8-15(20)9-11-16/h3-13H,2H2,1H3/b21-13+. The molecule has 0 aliphatic heterocycles. The zero-order chi connectivity index (χ0) is 15.4. The Kier molecular flexibility index (Phi) is 4.73. The molecule has 0 aromatic heterocycles. The Hall–Kier alpha value is -1.88. The molecule has 3 heteroatoms. The number of hydrogen-bond donors (Lipinski definition) is 0. The maximum atomic E-state index is 5.76. The van der Waals surface area contributed by atoms with Crippen LogP contribution < -0.4 is 4.74 Å². The zero-order valence-corrected chi connectivity index (χ0v) is 14.4. The van der Waals surface area contributed by atoms with Crippen molar-refractivity contribution in [3.8, 4) is 5.75 Å². The molecule has 0 spiro atoms. The van der Waals surface area contributed by atoms with Crippen molar-refractivity contribution in [1.82, 2.24) is 0 Å². The van der Waals surface area contributed by atoms with Crippen molar-refractivity contribution in [2.75, 3.05) is 6.61 Å². The van der Waals surface area contributed by atoms with Gasteiger partial charge >= 0.3 is 0 Å². The van der Waals surface area contributed by atoms with Crippen LogP contribution in [0.25, 0.3) is 10.8 Å². The lowest BCUT2D eigenvalue weighted by Gasteiger charge is -2.10. The van der Waals surface area contributed by atoms with E-state index in [-0.39, 0.29) is 0 Å². The highest BCUT2D eigenvalue weighted by Gasteiger charge is 2.06. The summed E-state index contributed by atoms with van der Waals surface area (Å²) in [7, 11) is 0. The van der Waals surface area contributed by atoms with Crippen molar-refractivity contribution in [2.45, 2.75) is 6.92 Å². The van der Waals surface area contributed by atoms with E-state index in [0.717, 1.165) is 22.4 Å². The molecule has 110 valence electrons. The summed E-state index contributed by atoms with van der Waals surface area (Å²) in [5.41, 5.74) is 1.97. The summed E-state index contributed by atoms with van der Waals surface area (Å²) in [6.45, 7) is 2.64. The fourth-order valence-electron chi connectivity index (χ4n) is 2.36. The quantitative estimate of drug-likeness (QED) is 0.412. The molecule has 3 aromatic carbocycles. The summed E-state index contributed by atoms with van der Waals surface area (Å²) in [5, 5.41) is 2.35. The molecule has 3 aromatic rings. The molecule has 0 unspecified atom stereocenters. The Balaban J connectivity index is 2.07. The molecule has 0 radical (unpaired) electrons. The van der Waals surface area contributed by atoms with Gasteiger partial charge in [0.15, 0.2) is 0 Å². The third kappa shape index (κ3) is 3.30. The number of rotatable bonds is 4. The second-order valence-corrected chi connectivity index (χ2v) is 6.11. The molecular weight excluding hydrogens is 385 g/mol. The van der Waals surface area contributed by atoms with Gasteiger partial charge in [-0.2, -0.15) is 0 Å². The lowest BCUT2D eigenvalue weighted by Crippen LogP contribution is -1.97. The first-order valence-electron chi connectivity index (χ1n) is 7.22. The number of benzene rings is 3. The first-order chi connectivity index (χ1) is 10.8. The van der Waals surface area contributed by atoms with Crippen molar-refractivity contribution in [2.24, 2.45) is 4.99 Å². The van der Waals surface area contributed by atoms with Crippen LogP contribution in [0.3, 0.4) is 0 Å². The molecule has 3 rings (SSSR count). The third-order valence-corrected chi connectivity index (χ3v) is 4.12. The minimum absolute atomic E-state index is 0.642. The van der Waals surface area contributed by atoms with Crippen molar-refractivity contribution >= 4 is 45.3 Å². The van der Waals surface area contributed by atoms with E-state index in [1.165, 1.54) is 8.96 Å². The maximum Gasteiger partial charge on any atom is 0.128 e. The maximum absolute atomic E-state index is 5.76. The van der Waals surface area contributed by atoms with Crippen LogP contribution in [0.5, 0.6) is 5.75 Å². The number of fused-ring (bicyclic) bond motifs is 1. The van der Waals surface area contributed by atoms with Gasteiger partial charge in [-0.1, -0.05) is 30.3 Å². The normalized spacial score (nSPS) is 11.2. The Morgan fingerprint density at radius 1 is 1.00 bits per heavy atom. The van der Waals surface area contributed by atoms with E-state index in [9.17, 15) is 0 Å². The van der Waals surface area contributed by atoms with Gasteiger partial charge in [0.2, 0.25) is 0 Å². The molecular formula is C19H16INO. The SMILES string of the molecule is CCOc1ccc2ccccc2c1/C=N/c1ccc(I)cc1. The molecule has 0 saturated carbocycles. The smallest absolute Gasteiger partial charge is 0.128 e. The number of aliphatic imine (C=N–C) groups is 1. The highest BCUT2D eigenvalue weighted by molar-refractivity contribution is 14.1. The summed E-state index contributed by atoms with van der Waals surface area (Å²) >= 11 is 2.29. The molecule has 0 atom stereocenters. The molecule has 0 fully saturated rings. The molecule has 0 N–H and O–H groups in total. The monoisotopic (exact) mass is 401 g/mol. The van der Waals surface area contributed by atoms with E-state index >= 15 is 0 Å². The molecule has 2 nitrogen and oxygen atoms in total. The molecule has 0 bridgehead atoms. The predicted octanol–water partition coefficient (Wildman–Crippen LogP) is 5.59. The number of nitrogens with zero attached hydrogens (tertiary/aromatic N) is 1. The summed E-state index contributed by atoms with van der Waals surface area (Å²) in [4.78, 5) is 4.60. The third-order valence-electron chi connectivity index (χ3n) is 3.40. The van der Waals surface area contributed by atoms with Gasteiger partial charge in [0.25, 0.3) is 0 Å². The van der Waals surface area contributed by atoms with Gasteiger partial charge in [-0.05, 0) is 70.6 Å². The summed E-state index contributed by atoms with van der Waals surface area (Å²) in [6.07, 6.45) is 1.90. The largest absolute Gasteiger partial charge is 0.493 e. The average molecular weight is 401 g/mol. The lowest BCUT2D eigenvalue weighted by molar-refractivity contribution is 0.340. The summed E-state index contributed by atoms with van der Waals surface area (Å²) < 4.78 is 6.97. The van der Waals surface area contributed by atoms with Crippen molar-refractivity contribution in [1.29, 1.82) is 0 Å². The molecule has 0 saturated heterocycles. The van der Waals surface area contributed by atoms with Crippen LogP contribution in [-0.4, -0.2) is 12.8 Å². The number of hydrogen-bond acceptors (Lipinski definition) is 2. The molecule has 0 heterocycles. The molecule has 22 heavy (non-hydrogen) atoms. The van der Waals surface area contributed by atoms with E-state index in [2.05, 4.69) is 57.9 Å². The van der Waals surface area contributed by atoms with Crippen LogP contribution in [0.15, 0.2) is 65.7 Å². The van der Waals surface area contributed by atoms with Crippen molar-refractivity contribution in [3.05, 3.63) is 69.8 Å². The molecule has 0 amide bonds. The average Bonchev–Trinajstić information content (AvgIpc) is 2.55. The minimum atomic E-state index is 0.642. The fourth-order valence-corrected chi connectivity index (χ4v) is 2.72. The van der Waals surface area contributed by atoms with Crippen LogP contribution in [0.2, 0.25) is 0 Å². The Bertz CT molecular complexity index is 809. The second kappa shape index (κ2) is 6.92. The summed E-state index contributed by atoms with van der Waals surface area (Å²) in [6, 6.07) is 20.5. The number of ether oxygens (including phenoxy) is 1. The van der Waals surface area contributed by atoms with Crippen LogP contribution in [0.4, 0.5) is 5.69 Å². The first-order valence-corrected chi connectivity index (χ1v) is 8.30. The van der Waals surface area contributed by atoms with E-state index < -0.39 is 0 Å². The molecule has 0 aliphatic rings. The predicted molar refractivity (Wildman–Crippen MR) is 102 cm³/mol. The van der Waals surface area contributed by atoms with E-state index in [1.807, 2.05) is 43.5 Å². The van der Waals surface area contributed by atoms with Gasteiger partial charge in [-0.25, -0.2) is 0 Å². The molecule has 0 aliphatic carbocycles. The van der Waals surface area contributed by atoms with E-state index in [4.69, 9.17) is 4.74 Å². The van der Waals surface area contributed by atoms with Gasteiger partial charge in [0.1, 0.15) is 5.75 Å². The first kappa shape index (κ1) is 15.0. The van der Waals surface area contributed by atoms with Gasteiger partial charge in [0.05, 0.1) is 12.3 Å². The Labute approximate surface area is 144 Å². The minimum Gasteiger partial charge on any atom is -0.493 e. The van der Waals surface area contributed by atoms with Crippen molar-refractivity contribution < 1.29 is 4.74 Å². The topological polar surface area (TPSA) is 21.6 Å². The second-order valence-electron chi connectivity index (χ2n) is 4.87. The highest BCUT2D eigenvalue weighted by atomic mass is 127. The fraction of sp³-hybridized carbons (Fsp3) is 0.105. The summed E-state index contributed by atoms with van der Waals surface area (Å²) in [5.74, 6) is 0.871. The van der Waals surface area contributed by atoms with Crippen molar-refractivity contribution in [3.63, 3.8) is 0 Å². The lowest BCUT2D eigenvalue weighted by atomic mass is 10.0.